The monoisotopic (exact) mass is 353 g/mol. The summed E-state index contributed by atoms with van der Waals surface area (Å²) in [7, 11) is 1.67. The fraction of sp³-hybridized carbons (Fsp3) is 0.300. The van der Waals surface area contributed by atoms with Crippen LogP contribution in [0.25, 0.3) is 5.65 Å². The first-order valence-corrected chi connectivity index (χ1v) is 8.70. The molecule has 2 aromatic heterocycles. The van der Waals surface area contributed by atoms with Crippen molar-refractivity contribution in [2.45, 2.75) is 26.8 Å². The first-order valence-electron chi connectivity index (χ1n) is 8.70. The maximum atomic E-state index is 12.0. The minimum atomic E-state index is -0.380. The number of benzene rings is 1. The molecule has 1 aromatic carbocycles. The number of nitrogens with zero attached hydrogens (tertiary/aromatic N) is 2. The molecule has 26 heavy (non-hydrogen) atoms. The zero-order valence-electron chi connectivity index (χ0n) is 15.3. The second-order valence-corrected chi connectivity index (χ2v) is 5.86. The van der Waals surface area contributed by atoms with Crippen LogP contribution in [-0.4, -0.2) is 29.1 Å². The number of carbonyl (C=O) groups excluding carboxylic acids is 1. The quantitative estimate of drug-likeness (QED) is 0.656. The second kappa shape index (κ2) is 7.91. The van der Waals surface area contributed by atoms with Gasteiger partial charge in [0.1, 0.15) is 11.4 Å². The number of hydrogen-bond acceptors (Lipinski definition) is 5. The van der Waals surface area contributed by atoms with E-state index in [4.69, 9.17) is 9.47 Å². The number of rotatable bonds is 7. The zero-order valence-corrected chi connectivity index (χ0v) is 15.3. The van der Waals surface area contributed by atoms with Crippen molar-refractivity contribution in [1.29, 1.82) is 0 Å². The molecule has 0 aliphatic carbocycles. The van der Waals surface area contributed by atoms with E-state index in [0.29, 0.717) is 24.5 Å². The highest BCUT2D eigenvalue weighted by molar-refractivity contribution is 5.88. The maximum Gasteiger partial charge on any atom is 0.356 e. The number of aryl methyl sites for hydroxylation is 1. The molecule has 6 heteroatoms. The van der Waals surface area contributed by atoms with Gasteiger partial charge in [-0.1, -0.05) is 19.1 Å². The number of pyridine rings is 1. The Hall–Kier alpha value is -3.02. The Bertz CT molecular complexity index is 918. The molecule has 0 atom stereocenters. The van der Waals surface area contributed by atoms with Crippen molar-refractivity contribution in [2.75, 3.05) is 19.0 Å². The summed E-state index contributed by atoms with van der Waals surface area (Å²) < 4.78 is 12.3. The number of carbonyl (C=O) groups is 1. The van der Waals surface area contributed by atoms with Crippen molar-refractivity contribution in [2.24, 2.45) is 0 Å². The normalized spacial score (nSPS) is 10.7. The van der Waals surface area contributed by atoms with Crippen molar-refractivity contribution in [3.63, 3.8) is 0 Å². The van der Waals surface area contributed by atoms with Gasteiger partial charge >= 0.3 is 5.97 Å². The van der Waals surface area contributed by atoms with E-state index < -0.39 is 0 Å². The van der Waals surface area contributed by atoms with Gasteiger partial charge in [0.15, 0.2) is 5.69 Å². The van der Waals surface area contributed by atoms with E-state index in [1.165, 1.54) is 11.8 Å². The van der Waals surface area contributed by atoms with Gasteiger partial charge in [-0.05, 0) is 37.1 Å². The van der Waals surface area contributed by atoms with Crippen LogP contribution >= 0.6 is 0 Å². The van der Waals surface area contributed by atoms with Gasteiger partial charge in [0.25, 0.3) is 0 Å². The number of imidazole rings is 1. The van der Waals surface area contributed by atoms with Crippen molar-refractivity contribution in [3.8, 4) is 5.75 Å². The minimum absolute atomic E-state index is 0.331. The highest BCUT2D eigenvalue weighted by Crippen LogP contribution is 2.22. The number of nitrogens with one attached hydrogen (secondary N) is 1. The van der Waals surface area contributed by atoms with Crippen LogP contribution in [0, 0.1) is 0 Å². The largest absolute Gasteiger partial charge is 0.496 e. The molecule has 6 nitrogen and oxygen atoms in total. The predicted molar refractivity (Wildman–Crippen MR) is 101 cm³/mol. The minimum Gasteiger partial charge on any atom is -0.496 e. The van der Waals surface area contributed by atoms with Gasteiger partial charge in [-0.25, -0.2) is 9.78 Å². The smallest absolute Gasteiger partial charge is 0.356 e. The molecule has 0 spiro atoms. The molecular formula is C20H23N3O3. The van der Waals surface area contributed by atoms with E-state index in [1.807, 2.05) is 24.4 Å². The summed E-state index contributed by atoms with van der Waals surface area (Å²) in [6.07, 6.45) is 4.36. The summed E-state index contributed by atoms with van der Waals surface area (Å²) in [6, 6.07) is 10.0. The standard InChI is InChI=1S/C20H23N3O3/c1-4-14-6-8-18(25-3)15(10-14)11-21-16-7-9-19-22-12-17(23(19)13-16)20(24)26-5-2/h6-10,12-13,21H,4-5,11H2,1-3H3. The zero-order chi connectivity index (χ0) is 18.5. The second-order valence-electron chi connectivity index (χ2n) is 5.86. The first kappa shape index (κ1) is 17.8. The van der Waals surface area contributed by atoms with E-state index in [9.17, 15) is 4.79 Å². The Morgan fingerprint density at radius 2 is 2.08 bits per heavy atom. The summed E-state index contributed by atoms with van der Waals surface area (Å²) >= 11 is 0. The van der Waals surface area contributed by atoms with Crippen LogP contribution in [-0.2, 0) is 17.7 Å². The summed E-state index contributed by atoms with van der Waals surface area (Å²) in [5.74, 6) is 0.472. The molecule has 0 fully saturated rings. The summed E-state index contributed by atoms with van der Waals surface area (Å²) in [5, 5.41) is 3.39. The molecule has 1 N–H and O–H groups in total. The molecule has 0 aliphatic rings. The lowest BCUT2D eigenvalue weighted by Gasteiger charge is -2.12. The number of methoxy groups -OCH3 is 1. The van der Waals surface area contributed by atoms with E-state index in [1.54, 1.807) is 18.4 Å². The highest BCUT2D eigenvalue weighted by Gasteiger charge is 2.13. The SMILES string of the molecule is CCOC(=O)c1cnc2ccc(NCc3cc(CC)ccc3OC)cn12. The third kappa shape index (κ3) is 3.64. The molecule has 0 unspecified atom stereocenters. The molecule has 0 saturated carbocycles. The molecule has 3 rings (SSSR count). The molecule has 0 amide bonds. The van der Waals surface area contributed by atoms with Gasteiger partial charge in [0.05, 0.1) is 25.6 Å². The van der Waals surface area contributed by atoms with E-state index in [-0.39, 0.29) is 5.97 Å². The Kier molecular flexibility index (Phi) is 5.41. The van der Waals surface area contributed by atoms with Crippen LogP contribution in [0.2, 0.25) is 0 Å². The number of ether oxygens (including phenoxy) is 2. The summed E-state index contributed by atoms with van der Waals surface area (Å²) in [6.45, 7) is 4.86. The third-order valence-electron chi connectivity index (χ3n) is 4.23. The number of aromatic nitrogens is 2. The van der Waals surface area contributed by atoms with Gasteiger partial charge < -0.3 is 14.8 Å². The Morgan fingerprint density at radius 1 is 1.23 bits per heavy atom. The third-order valence-corrected chi connectivity index (χ3v) is 4.23. The molecular weight excluding hydrogens is 330 g/mol. The van der Waals surface area contributed by atoms with Gasteiger partial charge in [0, 0.05) is 18.3 Å². The molecule has 2 heterocycles. The van der Waals surface area contributed by atoms with Crippen molar-refractivity contribution < 1.29 is 14.3 Å². The lowest BCUT2D eigenvalue weighted by Crippen LogP contribution is -2.08. The van der Waals surface area contributed by atoms with Crippen LogP contribution in [0.15, 0.2) is 42.7 Å². The summed E-state index contributed by atoms with van der Waals surface area (Å²) in [4.78, 5) is 16.3. The number of hydrogen-bond donors (Lipinski definition) is 1. The van der Waals surface area contributed by atoms with Gasteiger partial charge in [-0.2, -0.15) is 0 Å². The highest BCUT2D eigenvalue weighted by atomic mass is 16.5. The number of anilines is 1. The van der Waals surface area contributed by atoms with Gasteiger partial charge in [-0.15, -0.1) is 0 Å². The Labute approximate surface area is 152 Å². The maximum absolute atomic E-state index is 12.0. The molecule has 136 valence electrons. The average Bonchev–Trinajstić information content (AvgIpc) is 3.09. The lowest BCUT2D eigenvalue weighted by molar-refractivity contribution is 0.0518. The van der Waals surface area contributed by atoms with Crippen LogP contribution in [0.5, 0.6) is 5.75 Å². The average molecular weight is 353 g/mol. The first-order chi connectivity index (χ1) is 12.7. The van der Waals surface area contributed by atoms with E-state index >= 15 is 0 Å². The van der Waals surface area contributed by atoms with Crippen LogP contribution in [0.4, 0.5) is 5.69 Å². The van der Waals surface area contributed by atoms with Crippen LogP contribution in [0.1, 0.15) is 35.5 Å². The van der Waals surface area contributed by atoms with E-state index in [2.05, 4.69) is 29.4 Å². The molecule has 0 aliphatic heterocycles. The summed E-state index contributed by atoms with van der Waals surface area (Å²) in [5.41, 5.74) is 4.34. The molecule has 3 aromatic rings. The predicted octanol–water partition coefficient (Wildman–Crippen LogP) is 3.69. The molecule has 0 radical (unpaired) electrons. The lowest BCUT2D eigenvalue weighted by atomic mass is 10.1. The van der Waals surface area contributed by atoms with Gasteiger partial charge in [-0.3, -0.25) is 4.40 Å². The van der Waals surface area contributed by atoms with Gasteiger partial charge in [0.2, 0.25) is 0 Å². The number of esters is 1. The topological polar surface area (TPSA) is 64.9 Å². The Morgan fingerprint density at radius 3 is 2.81 bits per heavy atom. The fourth-order valence-corrected chi connectivity index (χ4v) is 2.83. The number of fused-ring (bicyclic) bond motifs is 1. The Balaban J connectivity index is 1.83. The van der Waals surface area contributed by atoms with Crippen molar-refractivity contribution in [1.82, 2.24) is 9.38 Å². The van der Waals surface area contributed by atoms with Crippen molar-refractivity contribution >= 4 is 17.3 Å². The molecule has 0 saturated heterocycles. The van der Waals surface area contributed by atoms with Crippen LogP contribution < -0.4 is 10.1 Å². The molecule has 0 bridgehead atoms. The fourth-order valence-electron chi connectivity index (χ4n) is 2.83. The van der Waals surface area contributed by atoms with Crippen LogP contribution in [0.3, 0.4) is 0 Å². The van der Waals surface area contributed by atoms with E-state index in [0.717, 1.165) is 23.4 Å². The van der Waals surface area contributed by atoms with Crippen molar-refractivity contribution in [3.05, 3.63) is 59.5 Å².